The number of hydrogen-bond acceptors (Lipinski definition) is 3. The van der Waals surface area contributed by atoms with Crippen molar-refractivity contribution in [3.63, 3.8) is 0 Å². The van der Waals surface area contributed by atoms with Gasteiger partial charge in [-0.3, -0.25) is 4.79 Å². The number of benzene rings is 1. The lowest BCUT2D eigenvalue weighted by Gasteiger charge is -2.31. The molecule has 1 aromatic rings. The summed E-state index contributed by atoms with van der Waals surface area (Å²) in [7, 11) is 0. The van der Waals surface area contributed by atoms with Crippen LogP contribution in [0.5, 0.6) is 5.75 Å². The first-order valence-electron chi connectivity index (χ1n) is 5.35. The maximum atomic E-state index is 11.7. The highest BCUT2D eigenvalue weighted by Crippen LogP contribution is 2.21. The topological polar surface area (TPSA) is 69.6 Å². The number of carbonyl (C=O) groups is 1. The summed E-state index contributed by atoms with van der Waals surface area (Å²) in [5, 5.41) is 21.3. The molecule has 0 bridgehead atoms. The number of nitrogens with one attached hydrogen (secondary N) is 1. The fourth-order valence-corrected chi connectivity index (χ4v) is 1.77. The zero-order valence-electron chi connectivity index (χ0n) is 9.10. The zero-order valence-corrected chi connectivity index (χ0v) is 9.10. The summed E-state index contributed by atoms with van der Waals surface area (Å²) in [6.45, 7) is 1.75. The van der Waals surface area contributed by atoms with Gasteiger partial charge in [-0.1, -0.05) is 0 Å². The molecule has 1 aliphatic rings. The molecule has 3 N–H and O–H groups in total. The fraction of sp³-hybridized carbons (Fsp3) is 0.417. The van der Waals surface area contributed by atoms with Gasteiger partial charge in [0.15, 0.2) is 0 Å². The van der Waals surface area contributed by atoms with Gasteiger partial charge in [0.05, 0.1) is 6.10 Å². The van der Waals surface area contributed by atoms with Crippen LogP contribution in [0.15, 0.2) is 18.2 Å². The second-order valence-electron chi connectivity index (χ2n) is 4.30. The van der Waals surface area contributed by atoms with E-state index in [1.54, 1.807) is 19.1 Å². The highest BCUT2D eigenvalue weighted by Gasteiger charge is 2.28. The minimum absolute atomic E-state index is 0.0802. The third-order valence-corrected chi connectivity index (χ3v) is 2.91. The van der Waals surface area contributed by atoms with Crippen molar-refractivity contribution in [1.29, 1.82) is 0 Å². The maximum Gasteiger partial charge on any atom is 0.251 e. The summed E-state index contributed by atoms with van der Waals surface area (Å²) < 4.78 is 0. The molecule has 0 spiro atoms. The molecule has 0 aromatic heterocycles. The molecule has 1 aromatic carbocycles. The van der Waals surface area contributed by atoms with Gasteiger partial charge in [0, 0.05) is 11.6 Å². The van der Waals surface area contributed by atoms with Gasteiger partial charge in [-0.05, 0) is 43.5 Å². The Balaban J connectivity index is 2.01. The minimum atomic E-state index is -0.271. The molecular weight excluding hydrogens is 206 g/mol. The number of amides is 1. The number of rotatable bonds is 2. The smallest absolute Gasteiger partial charge is 0.251 e. The first-order valence-corrected chi connectivity index (χ1v) is 5.35. The summed E-state index contributed by atoms with van der Waals surface area (Å²) in [6.07, 6.45) is 0.984. The van der Waals surface area contributed by atoms with Gasteiger partial charge < -0.3 is 15.5 Å². The Bertz CT molecular complexity index is 411. The molecule has 1 fully saturated rings. The Labute approximate surface area is 93.9 Å². The lowest BCUT2D eigenvalue weighted by atomic mass is 9.89. The van der Waals surface area contributed by atoms with E-state index in [9.17, 15) is 9.90 Å². The molecule has 4 nitrogen and oxygen atoms in total. The van der Waals surface area contributed by atoms with Crippen LogP contribution in [0.3, 0.4) is 0 Å². The van der Waals surface area contributed by atoms with Crippen molar-refractivity contribution in [3.8, 4) is 5.75 Å². The second kappa shape index (κ2) is 4.14. The third kappa shape index (κ3) is 2.17. The number of carbonyl (C=O) groups excluding carboxylic acids is 1. The summed E-state index contributed by atoms with van der Waals surface area (Å²) in [5.74, 6) is 0.0376. The molecule has 0 radical (unpaired) electrons. The van der Waals surface area contributed by atoms with Crippen LogP contribution < -0.4 is 5.32 Å². The van der Waals surface area contributed by atoms with Crippen LogP contribution >= 0.6 is 0 Å². The number of phenols is 1. The van der Waals surface area contributed by atoms with Crippen LogP contribution in [0.1, 0.15) is 28.8 Å². The average molecular weight is 221 g/mol. The zero-order chi connectivity index (χ0) is 11.7. The first kappa shape index (κ1) is 11.0. The number of hydrogen-bond donors (Lipinski definition) is 3. The fourth-order valence-electron chi connectivity index (χ4n) is 1.77. The Hall–Kier alpha value is -1.55. The number of aliphatic hydroxyl groups is 1. The summed E-state index contributed by atoms with van der Waals surface area (Å²) in [4.78, 5) is 11.7. The molecule has 0 aliphatic heterocycles. The van der Waals surface area contributed by atoms with Crippen molar-refractivity contribution in [1.82, 2.24) is 5.32 Å². The predicted octanol–water partition coefficient (Wildman–Crippen LogP) is 0.954. The van der Waals surface area contributed by atoms with E-state index in [1.807, 2.05) is 0 Å². The van der Waals surface area contributed by atoms with E-state index < -0.39 is 0 Å². The predicted molar refractivity (Wildman–Crippen MR) is 59.3 cm³/mol. The van der Waals surface area contributed by atoms with E-state index >= 15 is 0 Å². The molecule has 4 heteroatoms. The van der Waals surface area contributed by atoms with Gasteiger partial charge in [-0.15, -0.1) is 0 Å². The Morgan fingerprint density at radius 1 is 1.44 bits per heavy atom. The van der Waals surface area contributed by atoms with E-state index in [0.717, 1.165) is 0 Å². The Morgan fingerprint density at radius 2 is 2.12 bits per heavy atom. The highest BCUT2D eigenvalue weighted by atomic mass is 16.3. The van der Waals surface area contributed by atoms with E-state index in [1.165, 1.54) is 6.07 Å². The molecular formula is C12H15NO3. The number of phenolic OH excluding ortho intramolecular Hbond substituents is 1. The van der Waals surface area contributed by atoms with Crippen molar-refractivity contribution in [3.05, 3.63) is 29.3 Å². The summed E-state index contributed by atoms with van der Waals surface area (Å²) in [6, 6.07) is 4.84. The van der Waals surface area contributed by atoms with E-state index in [0.29, 0.717) is 24.0 Å². The van der Waals surface area contributed by atoms with Gasteiger partial charge in [0.25, 0.3) is 5.91 Å². The van der Waals surface area contributed by atoms with Crippen molar-refractivity contribution in [2.75, 3.05) is 0 Å². The second-order valence-corrected chi connectivity index (χ2v) is 4.30. The van der Waals surface area contributed by atoms with Crippen molar-refractivity contribution < 1.29 is 15.0 Å². The van der Waals surface area contributed by atoms with Crippen molar-refractivity contribution in [2.24, 2.45) is 0 Å². The standard InChI is InChI=1S/C12H15NO3/c1-7-4-8(2-3-11(7)15)12(16)13-9-5-10(14)6-9/h2-4,9-10,14-15H,5-6H2,1H3,(H,13,16). The largest absolute Gasteiger partial charge is 0.508 e. The minimum Gasteiger partial charge on any atom is -0.508 e. The maximum absolute atomic E-state index is 11.7. The van der Waals surface area contributed by atoms with Crippen molar-refractivity contribution in [2.45, 2.75) is 31.9 Å². The normalized spacial score (nSPS) is 23.6. The first-order chi connectivity index (χ1) is 7.56. The van der Waals surface area contributed by atoms with Gasteiger partial charge in [-0.2, -0.15) is 0 Å². The van der Waals surface area contributed by atoms with Gasteiger partial charge in [-0.25, -0.2) is 0 Å². The molecule has 16 heavy (non-hydrogen) atoms. The Morgan fingerprint density at radius 3 is 2.69 bits per heavy atom. The number of aliphatic hydroxyl groups excluding tert-OH is 1. The molecule has 0 saturated heterocycles. The molecule has 0 heterocycles. The van der Waals surface area contributed by atoms with E-state index in [-0.39, 0.29) is 23.8 Å². The molecule has 2 rings (SSSR count). The third-order valence-electron chi connectivity index (χ3n) is 2.91. The number of aryl methyl sites for hydroxylation is 1. The average Bonchev–Trinajstić information content (AvgIpc) is 2.19. The Kier molecular flexibility index (Phi) is 2.83. The monoisotopic (exact) mass is 221 g/mol. The lowest BCUT2D eigenvalue weighted by molar-refractivity contribution is 0.0562. The number of aromatic hydroxyl groups is 1. The van der Waals surface area contributed by atoms with Crippen LogP contribution in [0.2, 0.25) is 0 Å². The quantitative estimate of drug-likeness (QED) is 0.696. The van der Waals surface area contributed by atoms with Gasteiger partial charge >= 0.3 is 0 Å². The molecule has 1 aliphatic carbocycles. The van der Waals surface area contributed by atoms with Crippen LogP contribution in [-0.4, -0.2) is 28.3 Å². The van der Waals surface area contributed by atoms with Crippen molar-refractivity contribution >= 4 is 5.91 Å². The van der Waals surface area contributed by atoms with E-state index in [4.69, 9.17) is 5.11 Å². The SMILES string of the molecule is Cc1cc(C(=O)NC2CC(O)C2)ccc1O. The highest BCUT2D eigenvalue weighted by molar-refractivity contribution is 5.94. The van der Waals surface area contributed by atoms with Crippen LogP contribution in [-0.2, 0) is 0 Å². The summed E-state index contributed by atoms with van der Waals surface area (Å²) in [5.41, 5.74) is 1.22. The van der Waals surface area contributed by atoms with Crippen LogP contribution in [0, 0.1) is 6.92 Å². The van der Waals surface area contributed by atoms with Crippen LogP contribution in [0.25, 0.3) is 0 Å². The molecule has 1 saturated carbocycles. The van der Waals surface area contributed by atoms with Gasteiger partial charge in [0.1, 0.15) is 5.75 Å². The summed E-state index contributed by atoms with van der Waals surface area (Å²) >= 11 is 0. The molecule has 86 valence electrons. The lowest BCUT2D eigenvalue weighted by Crippen LogP contribution is -2.46. The van der Waals surface area contributed by atoms with E-state index in [2.05, 4.69) is 5.32 Å². The molecule has 1 amide bonds. The molecule has 0 atom stereocenters. The van der Waals surface area contributed by atoms with Crippen LogP contribution in [0.4, 0.5) is 0 Å². The van der Waals surface area contributed by atoms with Gasteiger partial charge in [0.2, 0.25) is 0 Å². The molecule has 0 unspecified atom stereocenters.